The Kier molecular flexibility index (Phi) is 17.3. The average Bonchev–Trinajstić information content (AvgIpc) is 0.901. The van der Waals surface area contributed by atoms with E-state index in [-0.39, 0.29) is 11.8 Å². The molecule has 92 heavy (non-hydrogen) atoms. The molecular formula is C80H68Cl4N4O4. The van der Waals surface area contributed by atoms with E-state index >= 15 is 0 Å². The van der Waals surface area contributed by atoms with Crippen LogP contribution in [0, 0.1) is 0 Å². The van der Waals surface area contributed by atoms with E-state index in [1.807, 2.05) is 72.8 Å². The second kappa shape index (κ2) is 26.6. The lowest BCUT2D eigenvalue weighted by Crippen LogP contribution is -2.27. The highest BCUT2D eigenvalue weighted by atomic mass is 35.5. The summed E-state index contributed by atoms with van der Waals surface area (Å²) in [5.41, 5.74) is 20.6. The average molecular weight is 1290 g/mol. The molecule has 12 heteroatoms. The molecule has 460 valence electrons. The summed E-state index contributed by atoms with van der Waals surface area (Å²) in [7, 11) is 0. The van der Waals surface area contributed by atoms with Gasteiger partial charge in [-0.2, -0.15) is 0 Å². The lowest BCUT2D eigenvalue weighted by Gasteiger charge is -2.42. The van der Waals surface area contributed by atoms with Crippen molar-refractivity contribution >= 4 is 92.8 Å². The van der Waals surface area contributed by atoms with Gasteiger partial charge in [0.1, 0.15) is 23.0 Å². The van der Waals surface area contributed by atoms with Gasteiger partial charge in [0.15, 0.2) is 0 Å². The maximum atomic E-state index is 7.19. The van der Waals surface area contributed by atoms with E-state index in [4.69, 9.17) is 75.3 Å². The molecule has 0 unspecified atom stereocenters. The van der Waals surface area contributed by atoms with E-state index < -0.39 is 0 Å². The Balaban J connectivity index is 0.781. The van der Waals surface area contributed by atoms with Crippen LogP contribution < -0.4 is 18.9 Å². The molecular weight excluding hydrogens is 1220 g/mol. The number of hydrogen-bond donors (Lipinski definition) is 2. The summed E-state index contributed by atoms with van der Waals surface area (Å²) in [6, 6.07) is 58.6. The third-order valence-corrected chi connectivity index (χ3v) is 19.8. The minimum Gasteiger partial charge on any atom is -0.494 e. The molecule has 3 aromatic heterocycles. The maximum Gasteiger partial charge on any atom is 0.119 e. The van der Waals surface area contributed by atoms with E-state index in [2.05, 4.69) is 131 Å². The Bertz CT molecular complexity index is 4380. The van der Waals surface area contributed by atoms with Gasteiger partial charge in [-0.05, 0) is 192 Å². The zero-order valence-corrected chi connectivity index (χ0v) is 54.0. The fourth-order valence-electron chi connectivity index (χ4n) is 14.2. The number of rotatable bonds is 2. The molecule has 2 atom stereocenters. The number of aromatic nitrogens is 4. The molecule has 2 N–H and O–H groups in total. The van der Waals surface area contributed by atoms with Crippen LogP contribution in [0.5, 0.6) is 23.0 Å². The predicted molar refractivity (Wildman–Crippen MR) is 379 cm³/mol. The molecule has 8 aliphatic heterocycles. The Morgan fingerprint density at radius 1 is 0.283 bits per heavy atom. The van der Waals surface area contributed by atoms with Crippen LogP contribution in [0.25, 0.3) is 90.9 Å². The summed E-state index contributed by atoms with van der Waals surface area (Å²) >= 11 is 28.8. The number of nitrogens with zero attached hydrogens (tertiary/aromatic N) is 2. The number of aromatic amines is 2. The molecule has 22 bridgehead atoms. The van der Waals surface area contributed by atoms with Gasteiger partial charge in [0.05, 0.1) is 69.3 Å². The summed E-state index contributed by atoms with van der Waals surface area (Å²) < 4.78 is 26.1. The summed E-state index contributed by atoms with van der Waals surface area (Å²) in [5, 5.41) is 1.99. The fraction of sp³-hybridized carbons (Fsp3) is 0.225. The van der Waals surface area contributed by atoms with E-state index in [1.165, 1.54) is 33.4 Å². The van der Waals surface area contributed by atoms with Crippen molar-refractivity contribution in [3.8, 4) is 67.5 Å². The number of ether oxygens (including phenoxy) is 4. The summed E-state index contributed by atoms with van der Waals surface area (Å²) in [4.78, 5) is 18.7. The third kappa shape index (κ3) is 11.9. The van der Waals surface area contributed by atoms with Crippen molar-refractivity contribution in [3.05, 3.63) is 246 Å². The van der Waals surface area contributed by atoms with E-state index in [1.54, 1.807) is 0 Å². The maximum absolute atomic E-state index is 7.19. The van der Waals surface area contributed by atoms with Gasteiger partial charge < -0.3 is 28.9 Å². The molecule has 0 radical (unpaired) electrons. The first kappa shape index (κ1) is 59.8. The topological polar surface area (TPSA) is 94.3 Å². The normalized spacial score (nSPS) is 16.7. The van der Waals surface area contributed by atoms with E-state index in [0.29, 0.717) is 69.0 Å². The van der Waals surface area contributed by atoms with Crippen LogP contribution in [0.1, 0.15) is 145 Å². The standard InChI is InChI=1S/C80H68Cl4N4O4/c81-61-25-17-26-62(82)77(61)79-69-37-33-65(85-69)73-49-19-15-21-51(45-49)89-41-11-5-1-3-7-13-43-91-53-29-31-57-59(47-53)75-55-23-9-10-24-56(55)76(57)60-48-54(30-32-58(60)75)92-44-14-8-4-2-6-12-42-90-52-22-16-20-50(46-52)74(67-35-39-71(79)87-67)68-36-40-72(88-68)80(70-38-34-66(73)86-70)78-63(83)27-18-28-64(78)84/h9-10,15-40,45-48,75-76,85,88H,1-8,11-14,41-44H2/t75-,76-/m1/s1. The highest BCUT2D eigenvalue weighted by molar-refractivity contribution is 6.40. The van der Waals surface area contributed by atoms with Crippen LogP contribution in [0.4, 0.5) is 0 Å². The molecule has 10 aromatic rings. The first-order valence-corrected chi connectivity index (χ1v) is 33.9. The number of benzene rings is 7. The lowest BCUT2D eigenvalue weighted by atomic mass is 9.61. The number of nitrogens with one attached hydrogen (secondary N) is 2. The molecule has 11 heterocycles. The van der Waals surface area contributed by atoms with Crippen LogP contribution in [0.15, 0.2) is 170 Å². The molecule has 0 spiro atoms. The molecule has 3 aliphatic carbocycles. The third-order valence-electron chi connectivity index (χ3n) is 18.6. The number of H-pyrrole nitrogens is 2. The molecule has 11 aliphatic rings. The van der Waals surface area contributed by atoms with Gasteiger partial charge in [-0.1, -0.05) is 171 Å². The Labute approximate surface area is 556 Å². The van der Waals surface area contributed by atoms with Gasteiger partial charge in [0.2, 0.25) is 0 Å². The number of halogens is 4. The molecule has 0 fully saturated rings. The highest BCUT2D eigenvalue weighted by Crippen LogP contribution is 2.57. The minimum absolute atomic E-state index is 0.169. The smallest absolute Gasteiger partial charge is 0.119 e. The SMILES string of the molecule is Clc1cccc(Cl)c1-c1c2nc(c3c4ccc([nH]4)c(-c4c(Cl)cccc4Cl)c4nc(c(c5ccc1[nH]5)-c1cccc(c1)OCCCCCCCCOc1ccc5c(c1)[C@@H]1c6ccccc6[C@H]5c5cc(ccc51)OCCCCCCCCOc1cccc-3c1)C=C4)C=C2. The predicted octanol–water partition coefficient (Wildman–Crippen LogP) is 22.8. The van der Waals surface area contributed by atoms with Crippen LogP contribution in [-0.2, 0) is 0 Å². The fourth-order valence-corrected chi connectivity index (χ4v) is 15.4. The van der Waals surface area contributed by atoms with Crippen molar-refractivity contribution in [2.24, 2.45) is 0 Å². The van der Waals surface area contributed by atoms with Gasteiger partial charge in [-0.3, -0.25) is 0 Å². The van der Waals surface area contributed by atoms with Crippen LogP contribution in [0.2, 0.25) is 20.1 Å². The monoisotopic (exact) mass is 1290 g/mol. The summed E-state index contributed by atoms with van der Waals surface area (Å²) in [6.45, 7) is 2.57. The van der Waals surface area contributed by atoms with Crippen LogP contribution >= 0.6 is 46.4 Å². The molecule has 8 nitrogen and oxygen atoms in total. The van der Waals surface area contributed by atoms with Crippen LogP contribution in [-0.4, -0.2) is 46.4 Å². The van der Waals surface area contributed by atoms with Crippen molar-refractivity contribution in [3.63, 3.8) is 0 Å². The van der Waals surface area contributed by atoms with E-state index in [9.17, 15) is 0 Å². The molecule has 7 aromatic carbocycles. The van der Waals surface area contributed by atoms with Crippen LogP contribution in [0.3, 0.4) is 0 Å². The first-order chi connectivity index (χ1) is 45.3. The van der Waals surface area contributed by atoms with Crippen molar-refractivity contribution < 1.29 is 18.9 Å². The Morgan fingerprint density at radius 2 is 0.598 bits per heavy atom. The van der Waals surface area contributed by atoms with Gasteiger partial charge in [-0.25, -0.2) is 9.97 Å². The van der Waals surface area contributed by atoms with Gasteiger partial charge in [0, 0.05) is 67.3 Å². The summed E-state index contributed by atoms with van der Waals surface area (Å²) in [5.74, 6) is 3.78. The van der Waals surface area contributed by atoms with Gasteiger partial charge in [-0.15, -0.1) is 0 Å². The molecule has 21 rings (SSSR count). The molecule has 0 saturated heterocycles. The minimum atomic E-state index is 0.169. The first-order valence-electron chi connectivity index (χ1n) is 32.4. The summed E-state index contributed by atoms with van der Waals surface area (Å²) in [6.07, 6.45) is 20.9. The second-order valence-electron chi connectivity index (χ2n) is 24.5. The van der Waals surface area contributed by atoms with Crippen molar-refractivity contribution in [2.75, 3.05) is 26.4 Å². The quantitative estimate of drug-likeness (QED) is 0.179. The van der Waals surface area contributed by atoms with E-state index in [0.717, 1.165) is 167 Å². The van der Waals surface area contributed by atoms with Crippen molar-refractivity contribution in [1.29, 1.82) is 0 Å². The van der Waals surface area contributed by atoms with Crippen molar-refractivity contribution in [1.82, 2.24) is 19.9 Å². The Morgan fingerprint density at radius 3 is 0.978 bits per heavy atom. The zero-order chi connectivity index (χ0) is 62.1. The molecule has 0 amide bonds. The number of hydrogen-bond acceptors (Lipinski definition) is 6. The largest absolute Gasteiger partial charge is 0.494 e. The highest BCUT2D eigenvalue weighted by Gasteiger charge is 2.41. The Hall–Kier alpha value is -8.50. The van der Waals surface area contributed by atoms with Crippen molar-refractivity contribution in [2.45, 2.75) is 88.9 Å². The zero-order valence-electron chi connectivity index (χ0n) is 51.0. The molecule has 0 saturated carbocycles. The van der Waals surface area contributed by atoms with Gasteiger partial charge in [0.25, 0.3) is 0 Å². The van der Waals surface area contributed by atoms with Gasteiger partial charge >= 0.3 is 0 Å². The second-order valence-corrected chi connectivity index (χ2v) is 26.1. The lowest BCUT2D eigenvalue weighted by molar-refractivity contribution is 0.296.